The molecule has 0 aliphatic rings. The zero-order valence-corrected chi connectivity index (χ0v) is 10.7. The van der Waals surface area contributed by atoms with Gasteiger partial charge in [0.1, 0.15) is 0 Å². The minimum Gasteiger partial charge on any atom is -0.481 e. The lowest BCUT2D eigenvalue weighted by Gasteiger charge is -2.08. The molecule has 1 aromatic carbocycles. The number of nitro groups is 1. The Kier molecular flexibility index (Phi) is 3.83. The Hall–Kier alpha value is -2.97. The molecule has 110 valence electrons. The van der Waals surface area contributed by atoms with Gasteiger partial charge in [-0.1, -0.05) is 0 Å². The third-order valence-corrected chi connectivity index (χ3v) is 2.94. The highest BCUT2D eigenvalue weighted by molar-refractivity contribution is 5.77. The van der Waals surface area contributed by atoms with Gasteiger partial charge in [-0.3, -0.25) is 24.5 Å². The van der Waals surface area contributed by atoms with Gasteiger partial charge in [0.25, 0.3) is 5.69 Å². The number of nitrogens with one attached hydrogen (secondary N) is 1. The van der Waals surface area contributed by atoms with Crippen LogP contribution in [0.15, 0.2) is 27.8 Å². The van der Waals surface area contributed by atoms with Crippen LogP contribution in [-0.4, -0.2) is 25.6 Å². The fraction of sp³-hybridized carbons (Fsp3) is 0.250. The van der Waals surface area contributed by atoms with E-state index >= 15 is 0 Å². The summed E-state index contributed by atoms with van der Waals surface area (Å²) in [7, 11) is 0. The van der Waals surface area contributed by atoms with Crippen LogP contribution in [0.3, 0.4) is 0 Å². The van der Waals surface area contributed by atoms with Gasteiger partial charge in [-0.25, -0.2) is 0 Å². The predicted molar refractivity (Wildman–Crippen MR) is 72.4 cm³/mol. The van der Waals surface area contributed by atoms with Crippen molar-refractivity contribution in [3.05, 3.63) is 49.0 Å². The van der Waals surface area contributed by atoms with Crippen molar-refractivity contribution in [3.63, 3.8) is 0 Å². The van der Waals surface area contributed by atoms with Crippen LogP contribution >= 0.6 is 0 Å². The Morgan fingerprint density at radius 1 is 1.38 bits per heavy atom. The molecule has 0 fully saturated rings. The zero-order valence-electron chi connectivity index (χ0n) is 10.7. The molecule has 0 radical (unpaired) electrons. The SMILES string of the molecule is O=C(O)CCCn1c(=O)c(=O)[nH]c2cc([N+](=O)[O-])ccc21. The molecular formula is C12H11N3O6. The van der Waals surface area contributed by atoms with E-state index in [0.29, 0.717) is 5.52 Å². The summed E-state index contributed by atoms with van der Waals surface area (Å²) >= 11 is 0. The molecular weight excluding hydrogens is 282 g/mol. The maximum absolute atomic E-state index is 11.8. The largest absolute Gasteiger partial charge is 0.481 e. The van der Waals surface area contributed by atoms with Crippen LogP contribution in [-0.2, 0) is 11.3 Å². The molecule has 0 amide bonds. The first kappa shape index (κ1) is 14.4. The molecule has 1 heterocycles. The lowest BCUT2D eigenvalue weighted by molar-refractivity contribution is -0.384. The second-order valence-electron chi connectivity index (χ2n) is 4.37. The van der Waals surface area contributed by atoms with Gasteiger partial charge in [-0.15, -0.1) is 0 Å². The Morgan fingerprint density at radius 3 is 2.71 bits per heavy atom. The number of nitro benzene ring substituents is 1. The normalized spacial score (nSPS) is 10.7. The van der Waals surface area contributed by atoms with E-state index in [2.05, 4.69) is 4.98 Å². The van der Waals surface area contributed by atoms with Crippen LogP contribution in [0.1, 0.15) is 12.8 Å². The van der Waals surface area contributed by atoms with E-state index in [1.807, 2.05) is 0 Å². The van der Waals surface area contributed by atoms with Crippen molar-refractivity contribution in [3.8, 4) is 0 Å². The summed E-state index contributed by atoms with van der Waals surface area (Å²) in [5.74, 6) is -1.01. The number of carbonyl (C=O) groups is 1. The molecule has 1 aromatic heterocycles. The Balaban J connectivity index is 2.54. The van der Waals surface area contributed by atoms with Crippen molar-refractivity contribution in [1.82, 2.24) is 9.55 Å². The minimum atomic E-state index is -1.01. The van der Waals surface area contributed by atoms with Gasteiger partial charge < -0.3 is 14.7 Å². The Labute approximate surface area is 116 Å². The fourth-order valence-corrected chi connectivity index (χ4v) is 1.99. The monoisotopic (exact) mass is 293 g/mol. The molecule has 2 N–H and O–H groups in total. The number of H-pyrrole nitrogens is 1. The summed E-state index contributed by atoms with van der Waals surface area (Å²) in [5.41, 5.74) is -1.46. The van der Waals surface area contributed by atoms with Crippen LogP contribution in [0, 0.1) is 10.1 Å². The van der Waals surface area contributed by atoms with Gasteiger partial charge in [0.05, 0.1) is 16.0 Å². The Bertz CT molecular complexity index is 835. The van der Waals surface area contributed by atoms with Crippen molar-refractivity contribution >= 4 is 22.7 Å². The fourth-order valence-electron chi connectivity index (χ4n) is 1.99. The number of non-ortho nitro benzene ring substituents is 1. The molecule has 2 rings (SSSR count). The number of nitrogens with zero attached hydrogens (tertiary/aromatic N) is 2. The molecule has 9 nitrogen and oxygen atoms in total. The van der Waals surface area contributed by atoms with Crippen LogP contribution in [0.25, 0.3) is 11.0 Å². The third-order valence-electron chi connectivity index (χ3n) is 2.94. The van der Waals surface area contributed by atoms with Crippen molar-refractivity contribution < 1.29 is 14.8 Å². The van der Waals surface area contributed by atoms with Crippen LogP contribution in [0.4, 0.5) is 5.69 Å². The maximum Gasteiger partial charge on any atom is 0.316 e. The summed E-state index contributed by atoms with van der Waals surface area (Å²) in [6, 6.07) is 3.73. The van der Waals surface area contributed by atoms with Gasteiger partial charge in [-0.2, -0.15) is 0 Å². The first-order valence-electron chi connectivity index (χ1n) is 6.03. The van der Waals surface area contributed by atoms with Gasteiger partial charge >= 0.3 is 17.1 Å². The molecule has 9 heteroatoms. The number of carboxylic acids is 1. The van der Waals surface area contributed by atoms with Crippen LogP contribution < -0.4 is 11.1 Å². The lowest BCUT2D eigenvalue weighted by Crippen LogP contribution is -2.36. The highest BCUT2D eigenvalue weighted by Gasteiger charge is 2.12. The average molecular weight is 293 g/mol. The quantitative estimate of drug-likeness (QED) is 0.467. The number of benzene rings is 1. The maximum atomic E-state index is 11.8. The van der Waals surface area contributed by atoms with Crippen molar-refractivity contribution in [2.24, 2.45) is 0 Å². The summed E-state index contributed by atoms with van der Waals surface area (Å²) in [5, 5.41) is 19.3. The molecule has 0 atom stereocenters. The van der Waals surface area contributed by atoms with Gasteiger partial charge in [0.2, 0.25) is 0 Å². The van der Waals surface area contributed by atoms with E-state index in [0.717, 1.165) is 10.6 Å². The molecule has 0 bridgehead atoms. The number of aromatic amines is 1. The molecule has 0 spiro atoms. The highest BCUT2D eigenvalue weighted by atomic mass is 16.6. The first-order valence-corrected chi connectivity index (χ1v) is 6.03. The van der Waals surface area contributed by atoms with E-state index in [4.69, 9.17) is 5.11 Å². The number of hydrogen-bond donors (Lipinski definition) is 2. The second-order valence-corrected chi connectivity index (χ2v) is 4.37. The van der Waals surface area contributed by atoms with Crippen molar-refractivity contribution in [2.75, 3.05) is 0 Å². The smallest absolute Gasteiger partial charge is 0.316 e. The average Bonchev–Trinajstić information content (AvgIpc) is 2.42. The van der Waals surface area contributed by atoms with Gasteiger partial charge in [-0.05, 0) is 12.5 Å². The standard InChI is InChI=1S/C12H11N3O6/c16-10(17)2-1-5-14-9-4-3-7(15(20)21)6-8(9)13-11(18)12(14)19/h3-4,6H,1-2,5H2,(H,13,18)(H,16,17). The third kappa shape index (κ3) is 2.96. The van der Waals surface area contributed by atoms with Gasteiger partial charge in [0, 0.05) is 25.1 Å². The van der Waals surface area contributed by atoms with Crippen molar-refractivity contribution in [1.29, 1.82) is 0 Å². The summed E-state index contributed by atoms with van der Waals surface area (Å²) in [6.07, 6.45) is 0.0263. The topological polar surface area (TPSA) is 135 Å². The van der Waals surface area contributed by atoms with E-state index in [1.165, 1.54) is 12.1 Å². The number of aromatic nitrogens is 2. The summed E-state index contributed by atoms with van der Waals surface area (Å²) in [4.78, 5) is 46.2. The number of hydrogen-bond acceptors (Lipinski definition) is 5. The first-order chi connectivity index (χ1) is 9.90. The molecule has 0 saturated carbocycles. The summed E-state index contributed by atoms with van der Waals surface area (Å²) < 4.78 is 1.13. The minimum absolute atomic E-state index is 0.0450. The molecule has 2 aromatic rings. The number of rotatable bonds is 5. The highest BCUT2D eigenvalue weighted by Crippen LogP contribution is 2.17. The van der Waals surface area contributed by atoms with Crippen LogP contribution in [0.5, 0.6) is 0 Å². The summed E-state index contributed by atoms with van der Waals surface area (Å²) in [6.45, 7) is 0.0450. The second kappa shape index (κ2) is 5.57. The molecule has 0 aliphatic heterocycles. The number of aryl methyl sites for hydroxylation is 1. The van der Waals surface area contributed by atoms with E-state index in [-0.39, 0.29) is 30.6 Å². The van der Waals surface area contributed by atoms with Crippen LogP contribution in [0.2, 0.25) is 0 Å². The predicted octanol–water partition coefficient (Wildman–Crippen LogP) is 0.463. The van der Waals surface area contributed by atoms with E-state index in [1.54, 1.807) is 0 Å². The van der Waals surface area contributed by atoms with E-state index in [9.17, 15) is 24.5 Å². The number of aliphatic carboxylic acids is 1. The van der Waals surface area contributed by atoms with Crippen molar-refractivity contribution in [2.45, 2.75) is 19.4 Å². The lowest BCUT2D eigenvalue weighted by atomic mass is 10.2. The molecule has 0 unspecified atom stereocenters. The van der Waals surface area contributed by atoms with E-state index < -0.39 is 22.0 Å². The molecule has 0 saturated heterocycles. The van der Waals surface area contributed by atoms with Gasteiger partial charge in [0.15, 0.2) is 0 Å². The zero-order chi connectivity index (χ0) is 15.6. The molecule has 21 heavy (non-hydrogen) atoms. The molecule has 0 aliphatic carbocycles. The number of fused-ring (bicyclic) bond motifs is 1. The number of carboxylic acid groups (broad SMARTS) is 1. The Morgan fingerprint density at radius 2 is 2.10 bits per heavy atom.